The van der Waals surface area contributed by atoms with Gasteiger partial charge in [0.15, 0.2) is 0 Å². The second kappa shape index (κ2) is 9.35. The number of amides is 1. The Labute approximate surface area is 170 Å². The molecule has 1 atom stereocenters. The first kappa shape index (κ1) is 19.8. The molecule has 152 valence electrons. The largest absolute Gasteiger partial charge is 0.395 e. The van der Waals surface area contributed by atoms with E-state index >= 15 is 0 Å². The van der Waals surface area contributed by atoms with Crippen molar-refractivity contribution in [3.05, 3.63) is 34.7 Å². The monoisotopic (exact) mass is 402 g/mol. The summed E-state index contributed by atoms with van der Waals surface area (Å²) in [4.78, 5) is 16.0. The fraction of sp³-hybridized carbons (Fsp3) is 0.591. The lowest BCUT2D eigenvalue weighted by atomic mass is 9.88. The van der Waals surface area contributed by atoms with E-state index in [1.165, 1.54) is 43.4 Å². The van der Waals surface area contributed by atoms with E-state index in [4.69, 9.17) is 9.84 Å². The topological polar surface area (TPSA) is 61.8 Å². The van der Waals surface area contributed by atoms with Crippen molar-refractivity contribution >= 4 is 27.3 Å². The number of benzene rings is 1. The van der Waals surface area contributed by atoms with Crippen LogP contribution in [0.4, 0.5) is 0 Å². The van der Waals surface area contributed by atoms with E-state index in [2.05, 4.69) is 22.3 Å². The number of hydrogen-bond donors (Lipinski definition) is 2. The lowest BCUT2D eigenvalue weighted by Gasteiger charge is -2.36. The number of hydrogen-bond acceptors (Lipinski definition) is 5. The van der Waals surface area contributed by atoms with Crippen molar-refractivity contribution in [2.24, 2.45) is 5.92 Å². The second-order valence-electron chi connectivity index (χ2n) is 7.94. The highest BCUT2D eigenvalue weighted by molar-refractivity contribution is 7.21. The van der Waals surface area contributed by atoms with Gasteiger partial charge >= 0.3 is 0 Å². The molecule has 5 nitrogen and oxygen atoms in total. The van der Waals surface area contributed by atoms with Crippen LogP contribution in [0.5, 0.6) is 0 Å². The maximum Gasteiger partial charge on any atom is 0.261 e. The Bertz CT molecular complexity index is 800. The number of thiophene rings is 1. The fourth-order valence-corrected chi connectivity index (χ4v) is 5.75. The quantitative estimate of drug-likeness (QED) is 0.775. The second-order valence-corrected chi connectivity index (χ2v) is 9.00. The molecule has 1 saturated heterocycles. The number of nitrogens with one attached hydrogen (secondary N) is 1. The van der Waals surface area contributed by atoms with E-state index in [-0.39, 0.29) is 25.2 Å². The molecule has 6 heteroatoms. The molecule has 2 fully saturated rings. The Morgan fingerprint density at radius 2 is 2.07 bits per heavy atom. The summed E-state index contributed by atoms with van der Waals surface area (Å²) in [5.41, 5.74) is 1.02. The van der Waals surface area contributed by atoms with Gasteiger partial charge in [0.2, 0.25) is 0 Å². The molecule has 1 saturated carbocycles. The van der Waals surface area contributed by atoms with E-state index in [1.807, 2.05) is 12.1 Å². The molecule has 1 aliphatic carbocycles. The summed E-state index contributed by atoms with van der Waals surface area (Å²) in [5, 5.41) is 13.0. The highest BCUT2D eigenvalue weighted by Crippen LogP contribution is 2.38. The summed E-state index contributed by atoms with van der Waals surface area (Å²) < 4.78 is 7.29. The van der Waals surface area contributed by atoms with E-state index < -0.39 is 0 Å². The number of carbonyl (C=O) groups excluding carboxylic acids is 1. The zero-order chi connectivity index (χ0) is 19.3. The predicted octanol–water partition coefficient (Wildman–Crippen LogP) is 3.58. The van der Waals surface area contributed by atoms with Crippen molar-refractivity contribution < 1.29 is 14.6 Å². The number of nitrogens with zero attached hydrogens (tertiary/aromatic N) is 1. The van der Waals surface area contributed by atoms with Crippen LogP contribution in [0.2, 0.25) is 0 Å². The highest BCUT2D eigenvalue weighted by Gasteiger charge is 2.30. The molecule has 0 radical (unpaired) electrons. The van der Waals surface area contributed by atoms with Crippen LogP contribution in [0.15, 0.2) is 24.3 Å². The summed E-state index contributed by atoms with van der Waals surface area (Å²) in [6.07, 6.45) is 6.72. The van der Waals surface area contributed by atoms with Crippen LogP contribution >= 0.6 is 11.3 Å². The first-order valence-corrected chi connectivity index (χ1v) is 11.3. The van der Waals surface area contributed by atoms with Gasteiger partial charge in [0.1, 0.15) is 0 Å². The number of morpholine rings is 1. The molecular weight excluding hydrogens is 372 g/mol. The van der Waals surface area contributed by atoms with Gasteiger partial charge in [-0.15, -0.1) is 11.3 Å². The molecule has 2 aliphatic rings. The van der Waals surface area contributed by atoms with E-state index in [9.17, 15) is 4.79 Å². The molecule has 0 spiro atoms. The van der Waals surface area contributed by atoms with Gasteiger partial charge in [-0.25, -0.2) is 0 Å². The van der Waals surface area contributed by atoms with E-state index in [0.29, 0.717) is 6.61 Å². The Balaban J connectivity index is 1.57. The number of carbonyl (C=O) groups is 1. The van der Waals surface area contributed by atoms with Gasteiger partial charge in [-0.05, 0) is 30.2 Å². The van der Waals surface area contributed by atoms with Crippen LogP contribution in [0.25, 0.3) is 10.1 Å². The molecule has 28 heavy (non-hydrogen) atoms. The van der Waals surface area contributed by atoms with Crippen LogP contribution in [-0.4, -0.2) is 55.3 Å². The molecule has 1 aromatic heterocycles. The van der Waals surface area contributed by atoms with Crippen molar-refractivity contribution in [1.82, 2.24) is 10.2 Å². The van der Waals surface area contributed by atoms with Crippen LogP contribution in [0.1, 0.15) is 53.4 Å². The molecular formula is C22H30N2O3S. The van der Waals surface area contributed by atoms with Gasteiger partial charge in [-0.1, -0.05) is 37.5 Å². The summed E-state index contributed by atoms with van der Waals surface area (Å²) in [6, 6.07) is 8.19. The molecule has 2 heterocycles. The molecule has 2 aromatic rings. The van der Waals surface area contributed by atoms with Gasteiger partial charge in [0, 0.05) is 36.4 Å². The van der Waals surface area contributed by atoms with Crippen molar-refractivity contribution in [3.63, 3.8) is 0 Å². The minimum atomic E-state index is -0.113. The fourth-order valence-electron chi connectivity index (χ4n) is 4.58. The Morgan fingerprint density at radius 3 is 2.89 bits per heavy atom. The molecule has 0 bridgehead atoms. The van der Waals surface area contributed by atoms with E-state index in [0.717, 1.165) is 46.1 Å². The van der Waals surface area contributed by atoms with Crippen LogP contribution < -0.4 is 5.32 Å². The lowest BCUT2D eigenvalue weighted by Crippen LogP contribution is -2.41. The standard InChI is InChI=1S/C22H30N2O3S/c25-12-10-23-22(26)21-20(17-8-4-5-9-19(17)28-21)18-15-24(11-13-27-18)14-16-6-2-1-3-7-16/h4-5,8-9,16,18,25H,1-3,6-7,10-15H2,(H,23,26)/t18-/m0/s1. The van der Waals surface area contributed by atoms with Crippen molar-refractivity contribution in [1.29, 1.82) is 0 Å². The van der Waals surface area contributed by atoms with Crippen LogP contribution in [0.3, 0.4) is 0 Å². The predicted molar refractivity (Wildman–Crippen MR) is 113 cm³/mol. The molecule has 1 aromatic carbocycles. The number of aliphatic hydroxyl groups excluding tert-OH is 1. The van der Waals surface area contributed by atoms with Crippen molar-refractivity contribution in [3.8, 4) is 0 Å². The number of fused-ring (bicyclic) bond motifs is 1. The zero-order valence-electron chi connectivity index (χ0n) is 16.4. The lowest BCUT2D eigenvalue weighted by molar-refractivity contribution is -0.0353. The molecule has 4 rings (SSSR count). The molecule has 1 aliphatic heterocycles. The summed E-state index contributed by atoms with van der Waals surface area (Å²) in [5.74, 6) is 0.692. The third-order valence-corrected chi connectivity index (χ3v) is 7.14. The first-order chi connectivity index (χ1) is 13.8. The minimum Gasteiger partial charge on any atom is -0.395 e. The number of ether oxygens (including phenoxy) is 1. The van der Waals surface area contributed by atoms with Gasteiger partial charge < -0.3 is 15.2 Å². The van der Waals surface area contributed by atoms with Gasteiger partial charge in [-0.3, -0.25) is 9.69 Å². The van der Waals surface area contributed by atoms with Crippen molar-refractivity contribution in [2.45, 2.75) is 38.2 Å². The Kier molecular flexibility index (Phi) is 6.62. The first-order valence-electron chi connectivity index (χ1n) is 10.5. The van der Waals surface area contributed by atoms with E-state index in [1.54, 1.807) is 0 Å². The zero-order valence-corrected chi connectivity index (χ0v) is 17.2. The highest BCUT2D eigenvalue weighted by atomic mass is 32.1. The minimum absolute atomic E-state index is 0.0545. The summed E-state index contributed by atoms with van der Waals surface area (Å²) in [7, 11) is 0. The van der Waals surface area contributed by atoms with Gasteiger partial charge in [0.05, 0.1) is 24.2 Å². The maximum absolute atomic E-state index is 12.8. The van der Waals surface area contributed by atoms with Crippen LogP contribution in [0, 0.1) is 5.92 Å². The maximum atomic E-state index is 12.8. The smallest absolute Gasteiger partial charge is 0.261 e. The van der Waals surface area contributed by atoms with Crippen LogP contribution in [-0.2, 0) is 4.74 Å². The summed E-state index contributed by atoms with van der Waals surface area (Å²) in [6.45, 7) is 3.89. The third kappa shape index (κ3) is 4.40. The van der Waals surface area contributed by atoms with Crippen molar-refractivity contribution in [2.75, 3.05) is 39.4 Å². The average molecular weight is 403 g/mol. The normalized spacial score (nSPS) is 21.8. The number of aliphatic hydroxyl groups is 1. The molecule has 0 unspecified atom stereocenters. The molecule has 2 N–H and O–H groups in total. The number of rotatable bonds is 6. The van der Waals surface area contributed by atoms with Gasteiger partial charge in [-0.2, -0.15) is 0 Å². The Hall–Kier alpha value is -1.47. The van der Waals surface area contributed by atoms with Gasteiger partial charge in [0.25, 0.3) is 5.91 Å². The third-order valence-electron chi connectivity index (χ3n) is 5.95. The summed E-state index contributed by atoms with van der Waals surface area (Å²) >= 11 is 1.52. The average Bonchev–Trinajstić information content (AvgIpc) is 3.13. The SMILES string of the molecule is O=C(NCCO)c1sc2ccccc2c1[C@@H]1CN(CC2CCCCC2)CCO1. The molecule has 1 amide bonds. The Morgan fingerprint density at radius 1 is 1.25 bits per heavy atom.